The van der Waals surface area contributed by atoms with Crippen molar-refractivity contribution in [1.82, 2.24) is 30.3 Å². The number of ether oxygens (including phenoxy) is 2. The van der Waals surface area contributed by atoms with E-state index in [1.807, 2.05) is 16.8 Å². The number of nitrogens with one attached hydrogen (secondary N) is 2. The fraction of sp³-hybridized carbons (Fsp3) is 0.591. The van der Waals surface area contributed by atoms with Crippen LogP contribution in [0, 0.1) is 5.82 Å². The number of methoxy groups -OCH3 is 1. The molecular weight excluding hydrogens is 413 g/mol. The van der Waals surface area contributed by atoms with Crippen LogP contribution in [0.3, 0.4) is 0 Å². The molecule has 2 aliphatic heterocycles. The Morgan fingerprint density at radius 2 is 2.09 bits per heavy atom. The lowest BCUT2D eigenvalue weighted by Crippen LogP contribution is -2.50. The van der Waals surface area contributed by atoms with E-state index < -0.39 is 0 Å². The van der Waals surface area contributed by atoms with Crippen molar-refractivity contribution < 1.29 is 13.9 Å². The van der Waals surface area contributed by atoms with E-state index in [0.717, 1.165) is 55.6 Å². The fourth-order valence-corrected chi connectivity index (χ4v) is 4.28. The van der Waals surface area contributed by atoms with E-state index in [2.05, 4.69) is 30.6 Å². The third-order valence-corrected chi connectivity index (χ3v) is 5.94. The van der Waals surface area contributed by atoms with Crippen molar-refractivity contribution in [2.75, 3.05) is 47.0 Å². The Morgan fingerprint density at radius 1 is 1.31 bits per heavy atom. The smallest absolute Gasteiger partial charge is 0.191 e. The first-order chi connectivity index (χ1) is 15.7. The van der Waals surface area contributed by atoms with Crippen molar-refractivity contribution >= 4 is 5.96 Å². The van der Waals surface area contributed by atoms with Gasteiger partial charge in [0.25, 0.3) is 0 Å². The number of morpholine rings is 1. The summed E-state index contributed by atoms with van der Waals surface area (Å²) in [5.74, 6) is 2.24. The van der Waals surface area contributed by atoms with Gasteiger partial charge < -0.3 is 20.1 Å². The summed E-state index contributed by atoms with van der Waals surface area (Å²) in [6, 6.07) is 7.06. The van der Waals surface area contributed by atoms with Gasteiger partial charge in [-0.3, -0.25) is 9.89 Å². The van der Waals surface area contributed by atoms with Crippen LogP contribution in [0.1, 0.15) is 29.7 Å². The van der Waals surface area contributed by atoms with Crippen LogP contribution in [-0.4, -0.2) is 78.7 Å². The van der Waals surface area contributed by atoms with E-state index in [9.17, 15) is 4.39 Å². The van der Waals surface area contributed by atoms with Gasteiger partial charge in [-0.2, -0.15) is 5.10 Å². The summed E-state index contributed by atoms with van der Waals surface area (Å²) in [7, 11) is 3.42. The highest BCUT2D eigenvalue weighted by atomic mass is 19.1. The molecule has 0 spiro atoms. The zero-order valence-corrected chi connectivity index (χ0v) is 18.8. The second kappa shape index (κ2) is 10.8. The monoisotopic (exact) mass is 445 g/mol. The van der Waals surface area contributed by atoms with Gasteiger partial charge in [-0.05, 0) is 24.1 Å². The number of halogens is 1. The summed E-state index contributed by atoms with van der Waals surface area (Å²) in [5.41, 5.74) is 1.08. The quantitative estimate of drug-likeness (QED) is 0.488. The normalized spacial score (nSPS) is 20.6. The molecule has 1 fully saturated rings. The van der Waals surface area contributed by atoms with Crippen LogP contribution in [-0.2, 0) is 29.0 Å². The predicted molar refractivity (Wildman–Crippen MR) is 119 cm³/mol. The van der Waals surface area contributed by atoms with Crippen molar-refractivity contribution in [3.8, 4) is 0 Å². The minimum Gasteiger partial charge on any atom is -0.379 e. The molecule has 3 heterocycles. The Labute approximate surface area is 188 Å². The van der Waals surface area contributed by atoms with Gasteiger partial charge in [-0.15, -0.1) is 0 Å². The number of rotatable bonds is 7. The van der Waals surface area contributed by atoms with Gasteiger partial charge in [0.2, 0.25) is 0 Å². The predicted octanol–water partition coefficient (Wildman–Crippen LogP) is 1.12. The number of aryl methyl sites for hydroxylation is 1. The molecule has 32 heavy (non-hydrogen) atoms. The molecule has 1 aromatic heterocycles. The Bertz CT molecular complexity index is 896. The van der Waals surface area contributed by atoms with Crippen molar-refractivity contribution in [1.29, 1.82) is 0 Å². The van der Waals surface area contributed by atoms with Crippen molar-refractivity contribution in [3.05, 3.63) is 47.3 Å². The molecule has 2 aromatic rings. The second-order valence-electron chi connectivity index (χ2n) is 8.11. The van der Waals surface area contributed by atoms with E-state index in [0.29, 0.717) is 26.4 Å². The fourth-order valence-electron chi connectivity index (χ4n) is 4.28. The van der Waals surface area contributed by atoms with Gasteiger partial charge in [-0.25, -0.2) is 14.1 Å². The number of aliphatic imine (C=N–C) groups is 1. The lowest BCUT2D eigenvalue weighted by Gasteiger charge is -2.35. The first-order valence-electron chi connectivity index (χ1n) is 11.1. The van der Waals surface area contributed by atoms with E-state index in [1.165, 1.54) is 12.1 Å². The highest BCUT2D eigenvalue weighted by Gasteiger charge is 2.25. The zero-order chi connectivity index (χ0) is 22.3. The van der Waals surface area contributed by atoms with E-state index in [-0.39, 0.29) is 17.9 Å². The molecule has 9 nitrogen and oxygen atoms in total. The number of hydrogen-bond acceptors (Lipinski definition) is 6. The summed E-state index contributed by atoms with van der Waals surface area (Å²) in [6.45, 7) is 4.92. The maximum absolute atomic E-state index is 13.5. The van der Waals surface area contributed by atoms with Gasteiger partial charge >= 0.3 is 0 Å². The highest BCUT2D eigenvalue weighted by molar-refractivity contribution is 5.80. The molecule has 1 aromatic carbocycles. The molecule has 0 amide bonds. The van der Waals surface area contributed by atoms with Crippen LogP contribution < -0.4 is 10.6 Å². The Morgan fingerprint density at radius 3 is 2.81 bits per heavy atom. The van der Waals surface area contributed by atoms with Gasteiger partial charge in [0.05, 0.1) is 25.8 Å². The second-order valence-corrected chi connectivity index (χ2v) is 8.11. The summed E-state index contributed by atoms with van der Waals surface area (Å²) in [5, 5.41) is 11.5. The van der Waals surface area contributed by atoms with Crippen molar-refractivity contribution in [2.45, 2.75) is 38.1 Å². The van der Waals surface area contributed by atoms with Crippen LogP contribution in [0.25, 0.3) is 0 Å². The van der Waals surface area contributed by atoms with Crippen LogP contribution >= 0.6 is 0 Å². The van der Waals surface area contributed by atoms with Crippen LogP contribution in [0.4, 0.5) is 4.39 Å². The van der Waals surface area contributed by atoms with Crippen LogP contribution in [0.15, 0.2) is 29.3 Å². The summed E-state index contributed by atoms with van der Waals surface area (Å²) >= 11 is 0. The molecule has 0 saturated carbocycles. The molecule has 2 unspecified atom stereocenters. The van der Waals surface area contributed by atoms with E-state index in [4.69, 9.17) is 9.47 Å². The number of nitrogens with zero attached hydrogens (tertiary/aromatic N) is 5. The van der Waals surface area contributed by atoms with E-state index in [1.54, 1.807) is 14.2 Å². The lowest BCUT2D eigenvalue weighted by atomic mass is 10.0. The zero-order valence-electron chi connectivity index (χ0n) is 18.8. The number of guanidine groups is 1. The van der Waals surface area contributed by atoms with Gasteiger partial charge in [0, 0.05) is 46.3 Å². The van der Waals surface area contributed by atoms with Crippen molar-refractivity contribution in [2.24, 2.45) is 4.99 Å². The summed E-state index contributed by atoms with van der Waals surface area (Å²) < 4.78 is 26.1. The number of benzene rings is 1. The molecule has 1 saturated heterocycles. The third kappa shape index (κ3) is 5.62. The molecule has 0 bridgehead atoms. The number of hydrogen-bond donors (Lipinski definition) is 2. The first-order valence-corrected chi connectivity index (χ1v) is 11.1. The largest absolute Gasteiger partial charge is 0.379 e. The minimum atomic E-state index is -0.224. The van der Waals surface area contributed by atoms with E-state index >= 15 is 0 Å². The Hall–Kier alpha value is -2.56. The Balaban J connectivity index is 1.37. The maximum Gasteiger partial charge on any atom is 0.191 e. The third-order valence-electron chi connectivity index (χ3n) is 5.94. The Kier molecular flexibility index (Phi) is 7.67. The van der Waals surface area contributed by atoms with Gasteiger partial charge in [-0.1, -0.05) is 12.1 Å². The van der Waals surface area contributed by atoms with Crippen LogP contribution in [0.2, 0.25) is 0 Å². The molecule has 2 aliphatic rings. The molecule has 2 N–H and O–H groups in total. The van der Waals surface area contributed by atoms with Gasteiger partial charge in [0.15, 0.2) is 11.8 Å². The molecule has 10 heteroatoms. The summed E-state index contributed by atoms with van der Waals surface area (Å²) in [6.07, 6.45) is 1.81. The SMILES string of the molecule is CN=C(NCC(c1ccc(F)cc1)N1CCOCC1)NC1CCc2nc(COC)nn2C1. The average Bonchev–Trinajstić information content (AvgIpc) is 3.22. The molecular formula is C22H32FN7O2. The standard InChI is InChI=1S/C22H32FN7O2/c1-24-22(26-18-7-8-21-27-20(15-31-2)28-30(21)14-18)25-13-19(29-9-11-32-12-10-29)16-3-5-17(23)6-4-16/h3-6,18-19H,7-15H2,1-2H3,(H2,24,25,26). The average molecular weight is 446 g/mol. The number of aromatic nitrogens is 3. The van der Waals surface area contributed by atoms with Crippen molar-refractivity contribution in [3.63, 3.8) is 0 Å². The van der Waals surface area contributed by atoms with Gasteiger partial charge in [0.1, 0.15) is 18.2 Å². The lowest BCUT2D eigenvalue weighted by molar-refractivity contribution is 0.0169. The molecule has 0 radical (unpaired) electrons. The minimum absolute atomic E-state index is 0.0999. The molecule has 2 atom stereocenters. The van der Waals surface area contributed by atoms with Crippen LogP contribution in [0.5, 0.6) is 0 Å². The molecule has 0 aliphatic carbocycles. The first kappa shape index (κ1) is 22.6. The number of fused-ring (bicyclic) bond motifs is 1. The highest BCUT2D eigenvalue weighted by Crippen LogP contribution is 2.22. The molecule has 4 rings (SSSR count). The topological polar surface area (TPSA) is 88.8 Å². The molecule has 174 valence electrons. The maximum atomic E-state index is 13.5. The summed E-state index contributed by atoms with van der Waals surface area (Å²) in [4.78, 5) is 11.3.